The number of anilines is 1. The van der Waals surface area contributed by atoms with E-state index >= 15 is 0 Å². The molecule has 1 aliphatic heterocycles. The first-order valence-electron chi connectivity index (χ1n) is 8.46. The Morgan fingerprint density at radius 1 is 1.07 bits per heavy atom. The van der Waals surface area contributed by atoms with Crippen LogP contribution in [0, 0.1) is 3.57 Å². The average molecular weight is 528 g/mol. The number of hydrogen-bond donors (Lipinski definition) is 1. The van der Waals surface area contributed by atoms with E-state index in [1.807, 2.05) is 24.3 Å². The summed E-state index contributed by atoms with van der Waals surface area (Å²) in [5.41, 5.74) is 3.13. The lowest BCUT2D eigenvalue weighted by atomic mass is 10.00. The summed E-state index contributed by atoms with van der Waals surface area (Å²) in [6, 6.07) is 17.9. The second kappa shape index (κ2) is 7.99. The van der Waals surface area contributed by atoms with Crippen molar-refractivity contribution in [2.75, 3.05) is 11.9 Å². The summed E-state index contributed by atoms with van der Waals surface area (Å²) in [5, 5.41) is 5.32. The van der Waals surface area contributed by atoms with E-state index < -0.39 is 0 Å². The van der Waals surface area contributed by atoms with Gasteiger partial charge in [-0.25, -0.2) is 0 Å². The Bertz CT molecular complexity index is 987. The summed E-state index contributed by atoms with van der Waals surface area (Å²) in [7, 11) is 0. The summed E-state index contributed by atoms with van der Waals surface area (Å²) in [5.74, 6) is 0. The third-order valence-corrected chi connectivity index (χ3v) is 6.27. The topological polar surface area (TPSA) is 20.2 Å². The highest BCUT2D eigenvalue weighted by Gasteiger charge is 2.32. The maximum atomic E-state index is 6.56. The summed E-state index contributed by atoms with van der Waals surface area (Å²) < 4.78 is 3.44. The van der Waals surface area contributed by atoms with E-state index in [0.717, 1.165) is 30.0 Å². The molecule has 3 nitrogen and oxygen atoms in total. The summed E-state index contributed by atoms with van der Waals surface area (Å²) in [6.07, 6.45) is 2.10. The molecule has 2 aromatic carbocycles. The highest BCUT2D eigenvalue weighted by molar-refractivity contribution is 14.1. The molecule has 1 atom stereocenters. The molecular formula is C20H16Cl2IN3S. The maximum Gasteiger partial charge on any atom is 0.174 e. The van der Waals surface area contributed by atoms with Crippen molar-refractivity contribution in [3.8, 4) is 0 Å². The van der Waals surface area contributed by atoms with Gasteiger partial charge in [0.25, 0.3) is 0 Å². The van der Waals surface area contributed by atoms with Crippen molar-refractivity contribution in [3.63, 3.8) is 0 Å². The SMILES string of the molecule is S=C(Nc1ccc(I)cc1)N1CCn2cccc2C1c1ccc(Cl)cc1Cl. The fourth-order valence-corrected chi connectivity index (χ4v) is 4.57. The predicted molar refractivity (Wildman–Crippen MR) is 125 cm³/mol. The first-order chi connectivity index (χ1) is 13.0. The van der Waals surface area contributed by atoms with Crippen molar-refractivity contribution in [2.24, 2.45) is 0 Å². The molecule has 0 aliphatic carbocycles. The molecule has 1 unspecified atom stereocenters. The van der Waals surface area contributed by atoms with Gasteiger partial charge in [0.1, 0.15) is 0 Å². The van der Waals surface area contributed by atoms with Gasteiger partial charge in [-0.1, -0.05) is 29.3 Å². The number of thiocarbonyl (C=S) groups is 1. The van der Waals surface area contributed by atoms with Crippen molar-refractivity contribution in [2.45, 2.75) is 12.6 Å². The largest absolute Gasteiger partial charge is 0.348 e. The van der Waals surface area contributed by atoms with Crippen molar-refractivity contribution in [1.82, 2.24) is 9.47 Å². The molecular weight excluding hydrogens is 512 g/mol. The van der Waals surface area contributed by atoms with E-state index in [9.17, 15) is 0 Å². The Hall–Kier alpha value is -1.28. The van der Waals surface area contributed by atoms with Crippen molar-refractivity contribution >= 4 is 68.8 Å². The summed E-state index contributed by atoms with van der Waals surface area (Å²) >= 11 is 20.7. The lowest BCUT2D eigenvalue weighted by Gasteiger charge is -2.39. The van der Waals surface area contributed by atoms with Crippen LogP contribution >= 0.6 is 58.0 Å². The van der Waals surface area contributed by atoms with Crippen LogP contribution in [-0.4, -0.2) is 21.1 Å². The van der Waals surface area contributed by atoms with Gasteiger partial charge in [0, 0.05) is 44.3 Å². The minimum atomic E-state index is -0.0673. The molecule has 0 amide bonds. The van der Waals surface area contributed by atoms with E-state index in [-0.39, 0.29) is 6.04 Å². The van der Waals surface area contributed by atoms with E-state index in [2.05, 4.69) is 67.8 Å². The van der Waals surface area contributed by atoms with Crippen LogP contribution in [0.4, 0.5) is 5.69 Å². The second-order valence-electron chi connectivity index (χ2n) is 6.33. The van der Waals surface area contributed by atoms with Crippen LogP contribution in [0.2, 0.25) is 10.0 Å². The quantitative estimate of drug-likeness (QED) is 0.316. The maximum absolute atomic E-state index is 6.56. The number of rotatable bonds is 2. The van der Waals surface area contributed by atoms with Gasteiger partial charge in [-0.05, 0) is 88.9 Å². The molecule has 7 heteroatoms. The smallest absolute Gasteiger partial charge is 0.174 e. The van der Waals surface area contributed by atoms with Crippen LogP contribution in [0.5, 0.6) is 0 Å². The number of halogens is 3. The molecule has 0 radical (unpaired) electrons. The third kappa shape index (κ3) is 3.97. The minimum absolute atomic E-state index is 0.0673. The zero-order chi connectivity index (χ0) is 19.0. The van der Waals surface area contributed by atoms with E-state index in [1.54, 1.807) is 6.07 Å². The van der Waals surface area contributed by atoms with Gasteiger partial charge in [0.05, 0.1) is 6.04 Å². The molecule has 2 heterocycles. The van der Waals surface area contributed by atoms with Gasteiger partial charge in [-0.3, -0.25) is 0 Å². The predicted octanol–water partition coefficient (Wildman–Crippen LogP) is 6.20. The molecule has 4 rings (SSSR count). The zero-order valence-corrected chi connectivity index (χ0v) is 18.7. The molecule has 3 aromatic rings. The lowest BCUT2D eigenvalue weighted by molar-refractivity contribution is 0.293. The molecule has 0 spiro atoms. The Morgan fingerprint density at radius 2 is 1.85 bits per heavy atom. The fraction of sp³-hybridized carbons (Fsp3) is 0.150. The van der Waals surface area contributed by atoms with Crippen LogP contribution in [-0.2, 0) is 6.54 Å². The Balaban J connectivity index is 1.70. The standard InChI is InChI=1S/C20H16Cl2IN3S/c21-13-3-8-16(17(22)12-13)19-18-2-1-9-25(18)10-11-26(19)20(27)24-15-6-4-14(23)5-7-15/h1-9,12,19H,10-11H2,(H,24,27). The number of benzene rings is 2. The normalized spacial score (nSPS) is 16.1. The molecule has 0 saturated carbocycles. The minimum Gasteiger partial charge on any atom is -0.348 e. The van der Waals surface area contributed by atoms with Gasteiger partial charge < -0.3 is 14.8 Å². The average Bonchev–Trinajstić information content (AvgIpc) is 3.12. The van der Waals surface area contributed by atoms with E-state index in [0.29, 0.717) is 15.2 Å². The van der Waals surface area contributed by atoms with Gasteiger partial charge in [0.2, 0.25) is 0 Å². The van der Waals surface area contributed by atoms with E-state index in [1.165, 1.54) is 3.57 Å². The number of nitrogens with zero attached hydrogens (tertiary/aromatic N) is 2. The molecule has 0 saturated heterocycles. The Morgan fingerprint density at radius 3 is 2.59 bits per heavy atom. The van der Waals surface area contributed by atoms with Crippen LogP contribution < -0.4 is 5.32 Å². The van der Waals surface area contributed by atoms with Crippen molar-refractivity contribution in [1.29, 1.82) is 0 Å². The first kappa shape index (κ1) is 19.1. The number of nitrogens with one attached hydrogen (secondary N) is 1. The first-order valence-corrected chi connectivity index (χ1v) is 10.7. The number of fused-ring (bicyclic) bond motifs is 1. The monoisotopic (exact) mass is 527 g/mol. The Labute approximate surface area is 187 Å². The highest BCUT2D eigenvalue weighted by Crippen LogP contribution is 2.37. The molecule has 1 N–H and O–H groups in total. The summed E-state index contributed by atoms with van der Waals surface area (Å²) in [6.45, 7) is 1.67. The lowest BCUT2D eigenvalue weighted by Crippen LogP contribution is -2.44. The Kier molecular flexibility index (Phi) is 5.64. The van der Waals surface area contributed by atoms with Crippen LogP contribution in [0.3, 0.4) is 0 Å². The molecule has 27 heavy (non-hydrogen) atoms. The second-order valence-corrected chi connectivity index (χ2v) is 8.80. The molecule has 1 aliphatic rings. The fourth-order valence-electron chi connectivity index (χ4n) is 3.38. The van der Waals surface area contributed by atoms with Gasteiger partial charge >= 0.3 is 0 Å². The van der Waals surface area contributed by atoms with Gasteiger partial charge in [0.15, 0.2) is 5.11 Å². The molecule has 0 bridgehead atoms. The van der Waals surface area contributed by atoms with Gasteiger partial charge in [-0.2, -0.15) is 0 Å². The van der Waals surface area contributed by atoms with Crippen molar-refractivity contribution in [3.05, 3.63) is 85.7 Å². The van der Waals surface area contributed by atoms with Crippen molar-refractivity contribution < 1.29 is 0 Å². The van der Waals surface area contributed by atoms with E-state index in [4.69, 9.17) is 35.4 Å². The van der Waals surface area contributed by atoms with Crippen LogP contribution in [0.15, 0.2) is 60.8 Å². The molecule has 1 aromatic heterocycles. The molecule has 0 fully saturated rings. The number of aromatic nitrogens is 1. The number of hydrogen-bond acceptors (Lipinski definition) is 1. The highest BCUT2D eigenvalue weighted by atomic mass is 127. The molecule has 138 valence electrons. The van der Waals surface area contributed by atoms with Crippen LogP contribution in [0.1, 0.15) is 17.3 Å². The summed E-state index contributed by atoms with van der Waals surface area (Å²) in [4.78, 5) is 2.19. The zero-order valence-electron chi connectivity index (χ0n) is 14.2. The van der Waals surface area contributed by atoms with Gasteiger partial charge in [-0.15, -0.1) is 0 Å². The van der Waals surface area contributed by atoms with Crippen LogP contribution in [0.25, 0.3) is 0 Å². The third-order valence-electron chi connectivity index (χ3n) is 4.65.